The molecule has 35 heavy (non-hydrogen) atoms. The van der Waals surface area contributed by atoms with Crippen LogP contribution in [0.25, 0.3) is 11.7 Å². The molecule has 178 valence electrons. The van der Waals surface area contributed by atoms with Crippen molar-refractivity contribution in [3.8, 4) is 17.7 Å². The molecule has 0 aliphatic carbocycles. The summed E-state index contributed by atoms with van der Waals surface area (Å²) in [5, 5.41) is 15.3. The van der Waals surface area contributed by atoms with Gasteiger partial charge >= 0.3 is 0 Å². The number of benzene rings is 1. The van der Waals surface area contributed by atoms with Gasteiger partial charge in [-0.3, -0.25) is 9.59 Å². The Morgan fingerprint density at radius 1 is 1.11 bits per heavy atom. The molecule has 10 heteroatoms. The van der Waals surface area contributed by atoms with Crippen LogP contribution in [0.15, 0.2) is 50.5 Å². The van der Waals surface area contributed by atoms with Gasteiger partial charge in [-0.15, -0.1) is 0 Å². The average molecular weight is 473 g/mol. The fourth-order valence-corrected chi connectivity index (χ4v) is 4.24. The summed E-state index contributed by atoms with van der Waals surface area (Å²) in [5.74, 6) is 0.754. The van der Waals surface area contributed by atoms with Crippen molar-refractivity contribution in [2.75, 3.05) is 36.1 Å². The summed E-state index contributed by atoms with van der Waals surface area (Å²) in [6.07, 6.45) is 2.06. The molecule has 0 bridgehead atoms. The van der Waals surface area contributed by atoms with Crippen molar-refractivity contribution < 1.29 is 18.4 Å². The first-order chi connectivity index (χ1) is 16.9. The summed E-state index contributed by atoms with van der Waals surface area (Å²) in [6, 6.07) is 11.3. The minimum Gasteiger partial charge on any atom is -0.459 e. The smallest absolute Gasteiger partial charge is 0.270 e. The average Bonchev–Trinajstić information content (AvgIpc) is 3.56. The monoisotopic (exact) mass is 472 g/mol. The lowest BCUT2D eigenvalue weighted by molar-refractivity contribution is -0.124. The number of nitriles is 1. The molecule has 1 saturated heterocycles. The number of aromatic nitrogens is 1. The van der Waals surface area contributed by atoms with Gasteiger partial charge in [-0.05, 0) is 43.2 Å². The van der Waals surface area contributed by atoms with Gasteiger partial charge in [-0.2, -0.15) is 15.3 Å². The molecule has 1 aromatic carbocycles. The Hall–Kier alpha value is -4.39. The minimum atomic E-state index is -0.179. The summed E-state index contributed by atoms with van der Waals surface area (Å²) < 4.78 is 11.1. The topological polar surface area (TPSA) is 119 Å². The molecule has 1 fully saturated rings. The van der Waals surface area contributed by atoms with E-state index < -0.39 is 0 Å². The summed E-state index contributed by atoms with van der Waals surface area (Å²) in [7, 11) is 0. The van der Waals surface area contributed by atoms with Gasteiger partial charge in [0.2, 0.25) is 17.5 Å². The molecular weight excluding hydrogens is 448 g/mol. The second-order valence-corrected chi connectivity index (χ2v) is 8.58. The number of anilines is 2. The number of carbonyl (C=O) groups excluding carboxylic acids is 2. The maximum absolute atomic E-state index is 13.3. The maximum atomic E-state index is 13.3. The van der Waals surface area contributed by atoms with Crippen LogP contribution in [0.2, 0.25) is 0 Å². The van der Waals surface area contributed by atoms with Crippen LogP contribution in [0.4, 0.5) is 11.6 Å². The van der Waals surface area contributed by atoms with Crippen molar-refractivity contribution in [2.24, 2.45) is 5.10 Å². The van der Waals surface area contributed by atoms with E-state index >= 15 is 0 Å². The van der Waals surface area contributed by atoms with E-state index in [2.05, 4.69) is 16.2 Å². The van der Waals surface area contributed by atoms with Crippen LogP contribution < -0.4 is 9.91 Å². The Morgan fingerprint density at radius 2 is 1.91 bits per heavy atom. The predicted molar refractivity (Wildman–Crippen MR) is 128 cm³/mol. The van der Waals surface area contributed by atoms with Gasteiger partial charge in [0.1, 0.15) is 11.8 Å². The molecule has 3 aromatic rings. The van der Waals surface area contributed by atoms with Crippen LogP contribution in [0, 0.1) is 25.2 Å². The van der Waals surface area contributed by atoms with Crippen LogP contribution >= 0.6 is 0 Å². The van der Waals surface area contributed by atoms with E-state index in [1.807, 2.05) is 36.9 Å². The zero-order chi connectivity index (χ0) is 24.5. The summed E-state index contributed by atoms with van der Waals surface area (Å²) in [4.78, 5) is 33.7. The number of nitrogens with zero attached hydrogens (tertiary/aromatic N) is 6. The first-order valence-corrected chi connectivity index (χ1v) is 11.4. The van der Waals surface area contributed by atoms with Gasteiger partial charge in [0.25, 0.3) is 11.8 Å². The number of hydrogen-bond donors (Lipinski definition) is 0. The number of piperazine rings is 1. The highest BCUT2D eigenvalue weighted by Gasteiger charge is 2.32. The number of oxazole rings is 1. The molecule has 0 atom stereocenters. The van der Waals surface area contributed by atoms with Crippen LogP contribution in [0.5, 0.6) is 0 Å². The largest absolute Gasteiger partial charge is 0.459 e. The SMILES string of the molecule is Cc1ccc(C)c(N2N=C(C(=O)N3CCN(c4oc(-c5ccco5)nc4C#N)CC3)CCC2=O)c1. The molecule has 0 unspecified atom stereocenters. The quantitative estimate of drug-likeness (QED) is 0.572. The van der Waals surface area contributed by atoms with E-state index in [0.717, 1.165) is 11.1 Å². The maximum Gasteiger partial charge on any atom is 0.270 e. The second kappa shape index (κ2) is 9.10. The highest BCUT2D eigenvalue weighted by atomic mass is 16.4. The van der Waals surface area contributed by atoms with E-state index in [1.54, 1.807) is 17.0 Å². The number of hydrazone groups is 1. The Kier molecular flexibility index (Phi) is 5.82. The third-order valence-corrected chi connectivity index (χ3v) is 6.17. The number of carbonyl (C=O) groups is 2. The zero-order valence-electron chi connectivity index (χ0n) is 19.5. The zero-order valence-corrected chi connectivity index (χ0v) is 19.5. The molecule has 2 aromatic heterocycles. The lowest BCUT2D eigenvalue weighted by Gasteiger charge is -2.35. The third kappa shape index (κ3) is 4.28. The second-order valence-electron chi connectivity index (χ2n) is 8.58. The minimum absolute atomic E-state index is 0.123. The Labute approximate surface area is 202 Å². The predicted octanol–water partition coefficient (Wildman–Crippen LogP) is 3.25. The fraction of sp³-hybridized carbons (Fsp3) is 0.320. The molecule has 2 aliphatic heterocycles. The third-order valence-electron chi connectivity index (χ3n) is 6.17. The Balaban J connectivity index is 1.30. The van der Waals surface area contributed by atoms with Gasteiger partial charge in [0.05, 0.1) is 12.0 Å². The number of rotatable bonds is 4. The van der Waals surface area contributed by atoms with E-state index in [1.165, 1.54) is 11.3 Å². The standard InChI is InChI=1S/C25H24N6O4/c1-16-5-6-17(2)20(14-16)31-22(32)8-7-18(28-31)24(33)29-9-11-30(12-10-29)25-19(15-26)27-23(35-25)21-4-3-13-34-21/h3-6,13-14H,7-12H2,1-2H3. The van der Waals surface area contributed by atoms with Crippen LogP contribution in [-0.2, 0) is 9.59 Å². The first kappa shape index (κ1) is 22.4. The van der Waals surface area contributed by atoms with Gasteiger partial charge in [0, 0.05) is 39.0 Å². The van der Waals surface area contributed by atoms with Crippen molar-refractivity contribution in [2.45, 2.75) is 26.7 Å². The molecular formula is C25H24N6O4. The van der Waals surface area contributed by atoms with Crippen molar-refractivity contribution in [1.82, 2.24) is 9.88 Å². The lowest BCUT2D eigenvalue weighted by Crippen LogP contribution is -2.51. The van der Waals surface area contributed by atoms with E-state index in [9.17, 15) is 14.9 Å². The van der Waals surface area contributed by atoms with Crippen molar-refractivity contribution in [1.29, 1.82) is 5.26 Å². The molecule has 2 amide bonds. The van der Waals surface area contributed by atoms with Gasteiger partial charge in [-0.25, -0.2) is 5.01 Å². The Morgan fingerprint density at radius 3 is 2.63 bits per heavy atom. The summed E-state index contributed by atoms with van der Waals surface area (Å²) in [5.41, 5.74) is 3.19. The van der Waals surface area contributed by atoms with Gasteiger partial charge in [0.15, 0.2) is 5.76 Å². The highest BCUT2D eigenvalue weighted by molar-refractivity contribution is 6.40. The Bertz CT molecular complexity index is 1340. The molecule has 10 nitrogen and oxygen atoms in total. The van der Waals surface area contributed by atoms with Gasteiger partial charge < -0.3 is 18.6 Å². The van der Waals surface area contributed by atoms with Crippen molar-refractivity contribution in [3.63, 3.8) is 0 Å². The van der Waals surface area contributed by atoms with Gasteiger partial charge in [-0.1, -0.05) is 12.1 Å². The molecule has 0 spiro atoms. The number of amides is 2. The number of furan rings is 1. The fourth-order valence-electron chi connectivity index (χ4n) is 4.24. The lowest BCUT2D eigenvalue weighted by atomic mass is 10.1. The number of hydrogen-bond acceptors (Lipinski definition) is 8. The normalized spacial score (nSPS) is 16.3. The molecule has 4 heterocycles. The van der Waals surface area contributed by atoms with Crippen LogP contribution in [0.1, 0.15) is 29.7 Å². The number of aryl methyl sites for hydroxylation is 2. The summed E-state index contributed by atoms with van der Waals surface area (Å²) >= 11 is 0. The molecule has 0 radical (unpaired) electrons. The van der Waals surface area contributed by atoms with Crippen LogP contribution in [-0.4, -0.2) is 53.6 Å². The van der Waals surface area contributed by atoms with Crippen molar-refractivity contribution >= 4 is 29.1 Å². The molecule has 5 rings (SSSR count). The van der Waals surface area contributed by atoms with E-state index in [4.69, 9.17) is 8.83 Å². The molecule has 0 saturated carbocycles. The van der Waals surface area contributed by atoms with Crippen molar-refractivity contribution in [3.05, 3.63) is 53.4 Å². The molecule has 2 aliphatic rings. The molecule has 0 N–H and O–H groups in total. The highest BCUT2D eigenvalue weighted by Crippen LogP contribution is 2.30. The van der Waals surface area contributed by atoms with E-state index in [-0.39, 0.29) is 29.8 Å². The van der Waals surface area contributed by atoms with Crippen LogP contribution in [0.3, 0.4) is 0 Å². The first-order valence-electron chi connectivity index (χ1n) is 11.4. The summed E-state index contributed by atoms with van der Waals surface area (Å²) in [6.45, 7) is 5.67. The van der Waals surface area contributed by atoms with E-state index in [0.29, 0.717) is 55.6 Å².